The SMILES string of the molecule is O=C(O)CC1CN(C(=O)C2(C(F)(F)F)CCNC2)C1. The number of carboxylic acid groups (broad SMARTS) is 1. The van der Waals surface area contributed by atoms with Crippen LogP contribution in [0.25, 0.3) is 0 Å². The van der Waals surface area contributed by atoms with Crippen LogP contribution in [0, 0.1) is 11.3 Å². The van der Waals surface area contributed by atoms with Crippen LogP contribution in [0.2, 0.25) is 0 Å². The smallest absolute Gasteiger partial charge is 0.404 e. The van der Waals surface area contributed by atoms with Crippen molar-refractivity contribution in [1.29, 1.82) is 0 Å². The van der Waals surface area contributed by atoms with E-state index in [1.54, 1.807) is 0 Å². The molecule has 0 spiro atoms. The van der Waals surface area contributed by atoms with Crippen LogP contribution in [0.1, 0.15) is 12.8 Å². The maximum absolute atomic E-state index is 13.1. The Morgan fingerprint density at radius 2 is 2.00 bits per heavy atom. The van der Waals surface area contributed by atoms with Crippen molar-refractivity contribution >= 4 is 11.9 Å². The predicted octanol–water partition coefficient (Wildman–Crippen LogP) is 0.461. The third-order valence-corrected chi connectivity index (χ3v) is 3.82. The molecule has 2 aliphatic heterocycles. The fourth-order valence-electron chi connectivity index (χ4n) is 2.65. The Labute approximate surface area is 107 Å². The first-order valence-corrected chi connectivity index (χ1v) is 6.05. The molecule has 8 heteroatoms. The van der Waals surface area contributed by atoms with Gasteiger partial charge in [-0.15, -0.1) is 0 Å². The molecule has 19 heavy (non-hydrogen) atoms. The zero-order valence-corrected chi connectivity index (χ0v) is 10.2. The molecule has 2 aliphatic rings. The van der Waals surface area contributed by atoms with E-state index in [2.05, 4.69) is 5.32 Å². The van der Waals surface area contributed by atoms with Crippen LogP contribution >= 0.6 is 0 Å². The fourth-order valence-corrected chi connectivity index (χ4v) is 2.65. The van der Waals surface area contributed by atoms with Crippen molar-refractivity contribution in [1.82, 2.24) is 10.2 Å². The summed E-state index contributed by atoms with van der Waals surface area (Å²) in [4.78, 5) is 23.6. The van der Waals surface area contributed by atoms with Crippen molar-refractivity contribution in [3.63, 3.8) is 0 Å². The number of halogens is 3. The van der Waals surface area contributed by atoms with E-state index in [1.807, 2.05) is 0 Å². The molecule has 2 saturated heterocycles. The highest BCUT2D eigenvalue weighted by Crippen LogP contribution is 2.45. The van der Waals surface area contributed by atoms with Crippen LogP contribution in [0.5, 0.6) is 0 Å². The van der Waals surface area contributed by atoms with Crippen molar-refractivity contribution in [2.24, 2.45) is 11.3 Å². The molecule has 2 fully saturated rings. The number of nitrogens with one attached hydrogen (secondary N) is 1. The van der Waals surface area contributed by atoms with E-state index in [1.165, 1.54) is 0 Å². The summed E-state index contributed by atoms with van der Waals surface area (Å²) in [6.45, 7) is -0.0288. The van der Waals surface area contributed by atoms with E-state index >= 15 is 0 Å². The van der Waals surface area contributed by atoms with Crippen molar-refractivity contribution in [2.75, 3.05) is 26.2 Å². The van der Waals surface area contributed by atoms with Crippen molar-refractivity contribution in [3.8, 4) is 0 Å². The minimum atomic E-state index is -4.58. The average molecular weight is 280 g/mol. The normalized spacial score (nSPS) is 28.3. The molecule has 0 radical (unpaired) electrons. The summed E-state index contributed by atoms with van der Waals surface area (Å²) in [5.74, 6) is -2.15. The van der Waals surface area contributed by atoms with Gasteiger partial charge in [0.15, 0.2) is 5.41 Å². The first-order valence-electron chi connectivity index (χ1n) is 6.05. The van der Waals surface area contributed by atoms with Crippen LogP contribution in [0.4, 0.5) is 13.2 Å². The Morgan fingerprint density at radius 1 is 1.37 bits per heavy atom. The summed E-state index contributed by atoms with van der Waals surface area (Å²) in [6, 6.07) is 0. The number of hydrogen-bond donors (Lipinski definition) is 2. The van der Waals surface area contributed by atoms with Gasteiger partial charge >= 0.3 is 12.1 Å². The lowest BCUT2D eigenvalue weighted by atomic mass is 9.82. The second kappa shape index (κ2) is 4.66. The van der Waals surface area contributed by atoms with Crippen LogP contribution in [-0.4, -0.2) is 54.2 Å². The zero-order valence-electron chi connectivity index (χ0n) is 10.2. The van der Waals surface area contributed by atoms with Crippen molar-refractivity contribution in [2.45, 2.75) is 19.0 Å². The Bertz CT molecular complexity index is 385. The van der Waals surface area contributed by atoms with Gasteiger partial charge in [-0.05, 0) is 13.0 Å². The maximum atomic E-state index is 13.1. The van der Waals surface area contributed by atoms with Gasteiger partial charge < -0.3 is 15.3 Å². The molecule has 2 heterocycles. The van der Waals surface area contributed by atoms with E-state index in [9.17, 15) is 22.8 Å². The van der Waals surface area contributed by atoms with E-state index in [4.69, 9.17) is 5.11 Å². The minimum Gasteiger partial charge on any atom is -0.481 e. The molecular formula is C11H15F3N2O3. The van der Waals surface area contributed by atoms with Crippen LogP contribution in [0.15, 0.2) is 0 Å². The monoisotopic (exact) mass is 280 g/mol. The molecule has 1 unspecified atom stereocenters. The number of aliphatic carboxylic acids is 1. The summed E-state index contributed by atoms with van der Waals surface area (Å²) >= 11 is 0. The summed E-state index contributed by atoms with van der Waals surface area (Å²) in [5.41, 5.74) is -2.33. The topological polar surface area (TPSA) is 69.6 Å². The second-order valence-electron chi connectivity index (χ2n) is 5.18. The van der Waals surface area contributed by atoms with Gasteiger partial charge in [-0.1, -0.05) is 0 Å². The Morgan fingerprint density at radius 3 is 2.42 bits per heavy atom. The number of alkyl halides is 3. The van der Waals surface area contributed by atoms with Gasteiger partial charge in [0.25, 0.3) is 0 Å². The van der Waals surface area contributed by atoms with E-state index in [-0.39, 0.29) is 38.4 Å². The molecule has 0 aromatic rings. The average Bonchev–Trinajstić information content (AvgIpc) is 2.70. The van der Waals surface area contributed by atoms with Crippen LogP contribution in [-0.2, 0) is 9.59 Å². The highest BCUT2D eigenvalue weighted by atomic mass is 19.4. The summed E-state index contributed by atoms with van der Waals surface area (Å²) in [5, 5.41) is 11.2. The number of carboxylic acids is 1. The molecule has 0 aliphatic carbocycles. The van der Waals surface area contributed by atoms with E-state index in [0.29, 0.717) is 0 Å². The number of rotatable bonds is 3. The lowest BCUT2D eigenvalue weighted by Gasteiger charge is -2.43. The number of nitrogens with zero attached hydrogens (tertiary/aromatic N) is 1. The highest BCUT2D eigenvalue weighted by molar-refractivity contribution is 5.85. The Kier molecular flexibility index (Phi) is 3.46. The van der Waals surface area contributed by atoms with Gasteiger partial charge in [-0.25, -0.2) is 0 Å². The standard InChI is InChI=1S/C11H15F3N2O3/c12-11(13,14)10(1-2-15-6-10)9(19)16-4-7(5-16)3-8(17)18/h7,15H,1-6H2,(H,17,18). The molecule has 0 aromatic heterocycles. The number of amides is 1. The molecule has 5 nitrogen and oxygen atoms in total. The summed E-state index contributed by atoms with van der Waals surface area (Å²) < 4.78 is 39.3. The first kappa shape index (κ1) is 14.1. The van der Waals surface area contributed by atoms with Crippen molar-refractivity contribution < 1.29 is 27.9 Å². The fraction of sp³-hybridized carbons (Fsp3) is 0.818. The lowest BCUT2D eigenvalue weighted by Crippen LogP contribution is -2.60. The van der Waals surface area contributed by atoms with Gasteiger partial charge in [0, 0.05) is 25.6 Å². The summed E-state index contributed by atoms with van der Waals surface area (Å²) in [6.07, 6.45) is -4.94. The number of carbonyl (C=O) groups excluding carboxylic acids is 1. The molecule has 2 N–H and O–H groups in total. The molecule has 1 amide bonds. The molecule has 2 rings (SSSR count). The third-order valence-electron chi connectivity index (χ3n) is 3.82. The summed E-state index contributed by atoms with van der Waals surface area (Å²) in [7, 11) is 0. The van der Waals surface area contributed by atoms with Gasteiger partial charge in [0.1, 0.15) is 0 Å². The van der Waals surface area contributed by atoms with E-state index < -0.39 is 30.0 Å². The number of hydrogen-bond acceptors (Lipinski definition) is 3. The first-order chi connectivity index (χ1) is 8.76. The quantitative estimate of drug-likeness (QED) is 0.788. The minimum absolute atomic E-state index is 0.100. The molecule has 108 valence electrons. The zero-order chi connectivity index (χ0) is 14.3. The van der Waals surface area contributed by atoms with Gasteiger partial charge in [0.2, 0.25) is 5.91 Å². The number of likely N-dealkylation sites (tertiary alicyclic amines) is 1. The maximum Gasteiger partial charge on any atom is 0.404 e. The predicted molar refractivity (Wildman–Crippen MR) is 58.3 cm³/mol. The number of carbonyl (C=O) groups is 2. The molecule has 0 aromatic carbocycles. The largest absolute Gasteiger partial charge is 0.481 e. The molecule has 1 atom stereocenters. The van der Waals surface area contributed by atoms with Gasteiger partial charge in [-0.2, -0.15) is 13.2 Å². The van der Waals surface area contributed by atoms with Crippen LogP contribution < -0.4 is 5.32 Å². The Balaban J connectivity index is 2.01. The van der Waals surface area contributed by atoms with Gasteiger partial charge in [0.05, 0.1) is 6.42 Å². The highest BCUT2D eigenvalue weighted by Gasteiger charge is 2.63. The van der Waals surface area contributed by atoms with Crippen LogP contribution in [0.3, 0.4) is 0 Å². The van der Waals surface area contributed by atoms with Gasteiger partial charge in [-0.3, -0.25) is 9.59 Å². The second-order valence-corrected chi connectivity index (χ2v) is 5.18. The lowest BCUT2D eigenvalue weighted by molar-refractivity contribution is -0.224. The molecule has 0 bridgehead atoms. The molecular weight excluding hydrogens is 265 g/mol. The van der Waals surface area contributed by atoms with E-state index in [0.717, 1.165) is 4.90 Å². The third kappa shape index (κ3) is 2.41. The molecule has 0 saturated carbocycles. The Hall–Kier alpha value is -1.31. The van der Waals surface area contributed by atoms with Crippen molar-refractivity contribution in [3.05, 3.63) is 0 Å².